The Morgan fingerprint density at radius 1 is 1.44 bits per heavy atom. The van der Waals surface area contributed by atoms with Gasteiger partial charge in [-0.2, -0.15) is 4.31 Å². The van der Waals surface area contributed by atoms with Crippen LogP contribution in [0.1, 0.15) is 5.56 Å². The molecule has 0 aliphatic rings. The summed E-state index contributed by atoms with van der Waals surface area (Å²) in [6.45, 7) is 1.66. The van der Waals surface area contributed by atoms with E-state index in [-0.39, 0.29) is 23.1 Å². The Hall–Kier alpha value is -0.620. The number of sulfonamides is 1. The predicted octanol–water partition coefficient (Wildman–Crippen LogP) is 1.26. The summed E-state index contributed by atoms with van der Waals surface area (Å²) in [6, 6.07) is 4.76. The molecule has 0 bridgehead atoms. The third-order valence-electron chi connectivity index (χ3n) is 2.19. The van der Waals surface area contributed by atoms with E-state index in [0.29, 0.717) is 0 Å². The third-order valence-corrected chi connectivity index (χ3v) is 4.53. The highest BCUT2D eigenvalue weighted by molar-refractivity contribution is 7.89. The Balaban J connectivity index is 3.17. The van der Waals surface area contributed by atoms with E-state index in [1.54, 1.807) is 12.1 Å². The van der Waals surface area contributed by atoms with Gasteiger partial charge in [0, 0.05) is 13.6 Å². The number of rotatable bonds is 4. The minimum Gasteiger partial charge on any atom is -0.395 e. The molecule has 0 amide bonds. The van der Waals surface area contributed by atoms with Crippen LogP contribution in [0, 0.1) is 6.92 Å². The molecule has 1 aromatic rings. The molecule has 4 nitrogen and oxygen atoms in total. The smallest absolute Gasteiger partial charge is 0.244 e. The fourth-order valence-electron chi connectivity index (χ4n) is 1.24. The first-order chi connectivity index (χ1) is 7.39. The molecule has 0 atom stereocenters. The van der Waals surface area contributed by atoms with Gasteiger partial charge in [0.15, 0.2) is 0 Å². The second-order valence-electron chi connectivity index (χ2n) is 3.48. The number of hydrogen-bond donors (Lipinski definition) is 1. The van der Waals surface area contributed by atoms with E-state index in [9.17, 15) is 8.42 Å². The van der Waals surface area contributed by atoms with Crippen LogP contribution in [-0.4, -0.2) is 38.0 Å². The van der Waals surface area contributed by atoms with Crippen molar-refractivity contribution >= 4 is 21.6 Å². The maximum absolute atomic E-state index is 12.0. The van der Waals surface area contributed by atoms with Gasteiger partial charge in [0.25, 0.3) is 0 Å². The summed E-state index contributed by atoms with van der Waals surface area (Å²) >= 11 is 5.89. The maximum atomic E-state index is 12.0. The van der Waals surface area contributed by atoms with Crippen LogP contribution < -0.4 is 0 Å². The predicted molar refractivity (Wildman–Crippen MR) is 63.1 cm³/mol. The van der Waals surface area contributed by atoms with Crippen molar-refractivity contribution in [2.24, 2.45) is 0 Å². The van der Waals surface area contributed by atoms with Crippen molar-refractivity contribution in [1.29, 1.82) is 0 Å². The largest absolute Gasteiger partial charge is 0.395 e. The van der Waals surface area contributed by atoms with Crippen LogP contribution in [0.4, 0.5) is 0 Å². The van der Waals surface area contributed by atoms with E-state index >= 15 is 0 Å². The molecular formula is C10H14ClNO3S. The second-order valence-corrected chi connectivity index (χ2v) is 5.90. The number of aliphatic hydroxyl groups excluding tert-OH is 1. The first kappa shape index (κ1) is 13.4. The van der Waals surface area contributed by atoms with Gasteiger partial charge in [0.2, 0.25) is 10.0 Å². The van der Waals surface area contributed by atoms with Gasteiger partial charge in [0.1, 0.15) is 4.90 Å². The Morgan fingerprint density at radius 2 is 2.06 bits per heavy atom. The van der Waals surface area contributed by atoms with E-state index in [0.717, 1.165) is 9.87 Å². The first-order valence-corrected chi connectivity index (χ1v) is 6.54. The average molecular weight is 264 g/mol. The number of benzene rings is 1. The molecule has 0 fully saturated rings. The molecule has 0 heterocycles. The van der Waals surface area contributed by atoms with Gasteiger partial charge < -0.3 is 5.11 Å². The highest BCUT2D eigenvalue weighted by Gasteiger charge is 2.22. The zero-order valence-electron chi connectivity index (χ0n) is 9.14. The molecule has 0 spiro atoms. The van der Waals surface area contributed by atoms with Gasteiger partial charge in [-0.15, -0.1) is 0 Å². The number of nitrogens with zero attached hydrogens (tertiary/aromatic N) is 1. The number of hydrogen-bond acceptors (Lipinski definition) is 3. The molecular weight excluding hydrogens is 250 g/mol. The van der Waals surface area contributed by atoms with E-state index in [1.165, 1.54) is 13.1 Å². The Labute approximate surface area is 101 Å². The highest BCUT2D eigenvalue weighted by Crippen LogP contribution is 2.24. The zero-order valence-corrected chi connectivity index (χ0v) is 10.7. The third kappa shape index (κ3) is 2.74. The number of aliphatic hydroxyl groups is 1. The molecule has 0 aliphatic carbocycles. The summed E-state index contributed by atoms with van der Waals surface area (Å²) in [5, 5.41) is 8.92. The van der Waals surface area contributed by atoms with Crippen molar-refractivity contribution < 1.29 is 13.5 Å². The highest BCUT2D eigenvalue weighted by atomic mass is 35.5. The van der Waals surface area contributed by atoms with Crippen LogP contribution in [0.25, 0.3) is 0 Å². The summed E-state index contributed by atoms with van der Waals surface area (Å²) in [6.07, 6.45) is 0. The minimum atomic E-state index is -3.61. The lowest BCUT2D eigenvalue weighted by Gasteiger charge is -2.16. The summed E-state index contributed by atoms with van der Waals surface area (Å²) in [5.74, 6) is 0. The maximum Gasteiger partial charge on any atom is 0.244 e. The summed E-state index contributed by atoms with van der Waals surface area (Å²) in [7, 11) is -2.20. The fourth-order valence-corrected chi connectivity index (χ4v) is 2.97. The molecule has 90 valence electrons. The minimum absolute atomic E-state index is 0.0482. The van der Waals surface area contributed by atoms with Crippen LogP contribution in [-0.2, 0) is 10.0 Å². The average Bonchev–Trinajstić information content (AvgIpc) is 2.17. The van der Waals surface area contributed by atoms with Gasteiger partial charge in [-0.1, -0.05) is 17.7 Å². The molecule has 16 heavy (non-hydrogen) atoms. The van der Waals surface area contributed by atoms with Crippen molar-refractivity contribution in [3.63, 3.8) is 0 Å². The van der Waals surface area contributed by atoms with E-state index < -0.39 is 10.0 Å². The van der Waals surface area contributed by atoms with Crippen molar-refractivity contribution in [3.05, 3.63) is 28.8 Å². The zero-order chi connectivity index (χ0) is 12.3. The first-order valence-electron chi connectivity index (χ1n) is 4.73. The van der Waals surface area contributed by atoms with Crippen LogP contribution in [0.5, 0.6) is 0 Å². The molecule has 0 unspecified atom stereocenters. The monoisotopic (exact) mass is 263 g/mol. The van der Waals surface area contributed by atoms with Crippen LogP contribution in [0.2, 0.25) is 5.02 Å². The Bertz CT molecular complexity index is 473. The molecule has 0 radical (unpaired) electrons. The SMILES string of the molecule is Cc1ccc(S(=O)(=O)N(C)CCO)c(Cl)c1. The lowest BCUT2D eigenvalue weighted by Crippen LogP contribution is -2.29. The van der Waals surface area contributed by atoms with Gasteiger partial charge in [-0.25, -0.2) is 8.42 Å². The van der Waals surface area contributed by atoms with E-state index in [1.807, 2.05) is 6.92 Å². The molecule has 0 aromatic heterocycles. The molecule has 0 saturated heterocycles. The van der Waals surface area contributed by atoms with E-state index in [4.69, 9.17) is 16.7 Å². The normalized spacial score (nSPS) is 12.1. The summed E-state index contributed by atoms with van der Waals surface area (Å²) in [4.78, 5) is 0.0655. The van der Waals surface area contributed by atoms with Crippen molar-refractivity contribution in [2.45, 2.75) is 11.8 Å². The van der Waals surface area contributed by atoms with Crippen LogP contribution >= 0.6 is 11.6 Å². The van der Waals surface area contributed by atoms with Crippen molar-refractivity contribution in [3.8, 4) is 0 Å². The Kier molecular flexibility index (Phi) is 4.32. The number of likely N-dealkylation sites (N-methyl/N-ethyl adjacent to an activating group) is 1. The lowest BCUT2D eigenvalue weighted by molar-refractivity contribution is 0.266. The molecule has 0 aliphatic heterocycles. The standard InChI is InChI=1S/C10H14ClNO3S/c1-8-3-4-10(9(11)7-8)16(14,15)12(2)5-6-13/h3-4,7,13H,5-6H2,1-2H3. The molecule has 1 rings (SSSR count). The van der Waals surface area contributed by atoms with Gasteiger partial charge >= 0.3 is 0 Å². The second kappa shape index (κ2) is 5.14. The van der Waals surface area contributed by atoms with Gasteiger partial charge in [-0.05, 0) is 24.6 Å². The Morgan fingerprint density at radius 3 is 2.56 bits per heavy atom. The van der Waals surface area contributed by atoms with Crippen LogP contribution in [0.3, 0.4) is 0 Å². The summed E-state index contributed by atoms with van der Waals surface area (Å²) < 4.78 is 25.0. The molecule has 1 N–H and O–H groups in total. The molecule has 0 saturated carbocycles. The van der Waals surface area contributed by atoms with E-state index in [2.05, 4.69) is 0 Å². The van der Waals surface area contributed by atoms with Crippen LogP contribution in [0.15, 0.2) is 23.1 Å². The van der Waals surface area contributed by atoms with Gasteiger partial charge in [0.05, 0.1) is 11.6 Å². The molecule has 6 heteroatoms. The van der Waals surface area contributed by atoms with Gasteiger partial charge in [-0.3, -0.25) is 0 Å². The molecule has 1 aromatic carbocycles. The van der Waals surface area contributed by atoms with Crippen molar-refractivity contribution in [2.75, 3.05) is 20.2 Å². The van der Waals surface area contributed by atoms with Crippen molar-refractivity contribution in [1.82, 2.24) is 4.31 Å². The lowest BCUT2D eigenvalue weighted by atomic mass is 10.2. The fraction of sp³-hybridized carbons (Fsp3) is 0.400. The number of aryl methyl sites for hydroxylation is 1. The topological polar surface area (TPSA) is 57.6 Å². The number of halogens is 1. The summed E-state index contributed by atoms with van der Waals surface area (Å²) in [5.41, 5.74) is 0.897. The quantitative estimate of drug-likeness (QED) is 0.890.